The van der Waals surface area contributed by atoms with Crippen molar-refractivity contribution >= 4 is 10.8 Å². The molecule has 0 N–H and O–H groups in total. The van der Waals surface area contributed by atoms with Crippen molar-refractivity contribution in [3.8, 4) is 0 Å². The molecule has 0 bridgehead atoms. The summed E-state index contributed by atoms with van der Waals surface area (Å²) in [7, 11) is 0. The van der Waals surface area contributed by atoms with Gasteiger partial charge in [-0.3, -0.25) is 0 Å². The third-order valence-corrected chi connectivity index (χ3v) is 3.96. The van der Waals surface area contributed by atoms with Crippen molar-refractivity contribution in [1.29, 1.82) is 0 Å². The SMILES string of the molecule is CCCCCCc1c2ccccc2cc[n+]1C(C)(C)C. The van der Waals surface area contributed by atoms with Crippen LogP contribution in [0.1, 0.15) is 59.1 Å². The molecule has 1 nitrogen and oxygen atoms in total. The second-order valence-corrected chi connectivity index (χ2v) is 6.70. The van der Waals surface area contributed by atoms with E-state index in [4.69, 9.17) is 0 Å². The molecule has 0 aliphatic carbocycles. The van der Waals surface area contributed by atoms with Crippen LogP contribution in [0, 0.1) is 0 Å². The lowest BCUT2D eigenvalue weighted by Crippen LogP contribution is -2.53. The molecule has 0 fully saturated rings. The summed E-state index contributed by atoms with van der Waals surface area (Å²) < 4.78 is 2.46. The molecule has 0 radical (unpaired) electrons. The van der Waals surface area contributed by atoms with Crippen molar-refractivity contribution in [3.63, 3.8) is 0 Å². The summed E-state index contributed by atoms with van der Waals surface area (Å²) >= 11 is 0. The van der Waals surface area contributed by atoms with Crippen LogP contribution in [0.15, 0.2) is 36.5 Å². The Kier molecular flexibility index (Phi) is 4.80. The fourth-order valence-corrected chi connectivity index (χ4v) is 2.88. The van der Waals surface area contributed by atoms with Crippen LogP contribution in [0.2, 0.25) is 0 Å². The fourth-order valence-electron chi connectivity index (χ4n) is 2.88. The third-order valence-electron chi connectivity index (χ3n) is 3.96. The molecule has 0 aliphatic rings. The van der Waals surface area contributed by atoms with Gasteiger partial charge in [0.25, 0.3) is 0 Å². The Labute approximate surface area is 123 Å². The molecule has 2 aromatic rings. The summed E-state index contributed by atoms with van der Waals surface area (Å²) in [5, 5.41) is 2.78. The van der Waals surface area contributed by atoms with Gasteiger partial charge < -0.3 is 0 Å². The molecule has 1 aromatic carbocycles. The first-order valence-corrected chi connectivity index (χ1v) is 7.97. The average molecular weight is 270 g/mol. The van der Waals surface area contributed by atoms with Gasteiger partial charge in [-0.1, -0.05) is 44.4 Å². The van der Waals surface area contributed by atoms with Gasteiger partial charge in [-0.15, -0.1) is 0 Å². The first-order valence-electron chi connectivity index (χ1n) is 7.97. The van der Waals surface area contributed by atoms with E-state index in [1.807, 2.05) is 0 Å². The summed E-state index contributed by atoms with van der Waals surface area (Å²) in [5.74, 6) is 0. The van der Waals surface area contributed by atoms with Gasteiger partial charge in [0.1, 0.15) is 0 Å². The van der Waals surface area contributed by atoms with Crippen LogP contribution in [0.25, 0.3) is 10.8 Å². The van der Waals surface area contributed by atoms with Crippen LogP contribution in [0.5, 0.6) is 0 Å². The maximum atomic E-state index is 2.46. The van der Waals surface area contributed by atoms with Gasteiger partial charge in [0, 0.05) is 38.6 Å². The maximum absolute atomic E-state index is 2.46. The lowest BCUT2D eigenvalue weighted by molar-refractivity contribution is -0.759. The molecular weight excluding hydrogens is 242 g/mol. The highest BCUT2D eigenvalue weighted by Crippen LogP contribution is 2.20. The summed E-state index contributed by atoms with van der Waals surface area (Å²) in [6, 6.07) is 11.0. The van der Waals surface area contributed by atoms with Crippen molar-refractivity contribution < 1.29 is 4.57 Å². The monoisotopic (exact) mass is 270 g/mol. The van der Waals surface area contributed by atoms with Crippen LogP contribution < -0.4 is 4.57 Å². The van der Waals surface area contributed by atoms with E-state index in [-0.39, 0.29) is 5.54 Å². The minimum absolute atomic E-state index is 0.143. The number of unbranched alkanes of at least 4 members (excludes halogenated alkanes) is 3. The van der Waals surface area contributed by atoms with E-state index in [0.717, 1.165) is 0 Å². The first-order chi connectivity index (χ1) is 9.54. The number of rotatable bonds is 5. The van der Waals surface area contributed by atoms with Gasteiger partial charge in [0.2, 0.25) is 0 Å². The van der Waals surface area contributed by atoms with E-state index < -0.39 is 0 Å². The molecule has 0 saturated heterocycles. The van der Waals surface area contributed by atoms with Crippen molar-refractivity contribution in [2.75, 3.05) is 0 Å². The largest absolute Gasteiger partial charge is 0.197 e. The standard InChI is InChI=1S/C19H28N/c1-5-6-7-8-13-18-17-12-10-9-11-16(17)14-15-20(18)19(2,3)4/h9-12,14-15H,5-8,13H2,1-4H3/q+1. The number of hydrogen-bond donors (Lipinski definition) is 0. The molecule has 1 heterocycles. The van der Waals surface area contributed by atoms with E-state index in [1.165, 1.54) is 48.6 Å². The number of aryl methyl sites for hydroxylation is 1. The van der Waals surface area contributed by atoms with Gasteiger partial charge in [-0.2, -0.15) is 4.57 Å². The molecule has 0 amide bonds. The highest BCUT2D eigenvalue weighted by molar-refractivity contribution is 5.83. The van der Waals surface area contributed by atoms with Gasteiger partial charge >= 0.3 is 0 Å². The molecule has 1 heteroatoms. The van der Waals surface area contributed by atoms with E-state index in [1.54, 1.807) is 0 Å². The maximum Gasteiger partial charge on any atom is 0.189 e. The summed E-state index contributed by atoms with van der Waals surface area (Å²) in [6.07, 6.45) is 8.72. The Bertz CT molecular complexity index is 563. The quantitative estimate of drug-likeness (QED) is 0.531. The molecule has 0 atom stereocenters. The second-order valence-electron chi connectivity index (χ2n) is 6.70. The number of benzene rings is 1. The van der Waals surface area contributed by atoms with Crippen LogP contribution in [-0.2, 0) is 12.0 Å². The number of nitrogens with zero attached hydrogens (tertiary/aromatic N) is 1. The Morgan fingerprint density at radius 1 is 0.950 bits per heavy atom. The van der Waals surface area contributed by atoms with Crippen molar-refractivity contribution in [2.45, 2.75) is 65.3 Å². The van der Waals surface area contributed by atoms with Gasteiger partial charge in [-0.25, -0.2) is 0 Å². The van der Waals surface area contributed by atoms with Crippen LogP contribution in [0.4, 0.5) is 0 Å². The lowest BCUT2D eigenvalue weighted by atomic mass is 10.00. The number of pyridine rings is 1. The average Bonchev–Trinajstić information content (AvgIpc) is 2.42. The van der Waals surface area contributed by atoms with E-state index in [2.05, 4.69) is 68.8 Å². The Morgan fingerprint density at radius 3 is 2.40 bits per heavy atom. The van der Waals surface area contributed by atoms with Gasteiger partial charge in [-0.05, 0) is 17.9 Å². The lowest BCUT2D eigenvalue weighted by Gasteiger charge is -2.18. The highest BCUT2D eigenvalue weighted by atomic mass is 15.0. The Hall–Kier alpha value is -1.37. The zero-order valence-corrected chi connectivity index (χ0v) is 13.4. The molecule has 0 saturated carbocycles. The summed E-state index contributed by atoms with van der Waals surface area (Å²) in [4.78, 5) is 0. The van der Waals surface area contributed by atoms with E-state index in [0.29, 0.717) is 0 Å². The Balaban J connectivity index is 2.40. The van der Waals surface area contributed by atoms with Crippen molar-refractivity contribution in [2.24, 2.45) is 0 Å². The summed E-state index contributed by atoms with van der Waals surface area (Å²) in [5.41, 5.74) is 1.64. The zero-order chi connectivity index (χ0) is 14.6. The molecule has 20 heavy (non-hydrogen) atoms. The van der Waals surface area contributed by atoms with Gasteiger partial charge in [0.15, 0.2) is 17.4 Å². The molecule has 108 valence electrons. The highest BCUT2D eigenvalue weighted by Gasteiger charge is 2.26. The molecule has 0 spiro atoms. The van der Waals surface area contributed by atoms with Crippen molar-refractivity contribution in [1.82, 2.24) is 0 Å². The van der Waals surface area contributed by atoms with Crippen LogP contribution in [-0.4, -0.2) is 0 Å². The third kappa shape index (κ3) is 3.39. The van der Waals surface area contributed by atoms with Gasteiger partial charge in [0.05, 0.1) is 0 Å². The zero-order valence-electron chi connectivity index (χ0n) is 13.4. The topological polar surface area (TPSA) is 3.88 Å². The second kappa shape index (κ2) is 6.39. The number of hydrogen-bond acceptors (Lipinski definition) is 0. The molecular formula is C19H28N+. The minimum Gasteiger partial charge on any atom is -0.197 e. The normalized spacial score (nSPS) is 12.0. The number of aromatic nitrogens is 1. The van der Waals surface area contributed by atoms with Crippen molar-refractivity contribution in [3.05, 3.63) is 42.2 Å². The molecule has 2 rings (SSSR count). The predicted molar refractivity (Wildman–Crippen MR) is 87.0 cm³/mol. The minimum atomic E-state index is 0.143. The molecule has 1 aromatic heterocycles. The summed E-state index contributed by atoms with van der Waals surface area (Å²) in [6.45, 7) is 9.14. The van der Waals surface area contributed by atoms with E-state index >= 15 is 0 Å². The molecule has 0 aliphatic heterocycles. The predicted octanol–water partition coefficient (Wildman–Crippen LogP) is 5.01. The van der Waals surface area contributed by atoms with E-state index in [9.17, 15) is 0 Å². The first kappa shape index (κ1) is 15.0. The van der Waals surface area contributed by atoms with Crippen LogP contribution in [0.3, 0.4) is 0 Å². The molecule has 0 unspecified atom stereocenters. The van der Waals surface area contributed by atoms with Crippen LogP contribution >= 0.6 is 0 Å². The number of fused-ring (bicyclic) bond motifs is 1. The smallest absolute Gasteiger partial charge is 0.189 e. The Morgan fingerprint density at radius 2 is 1.70 bits per heavy atom. The fraction of sp³-hybridized carbons (Fsp3) is 0.526.